The van der Waals surface area contributed by atoms with Gasteiger partial charge in [-0.1, -0.05) is 40.9 Å². The number of hydrogen-bond donors (Lipinski definition) is 2. The van der Waals surface area contributed by atoms with Crippen LogP contribution in [0.2, 0.25) is 0 Å². The van der Waals surface area contributed by atoms with Crippen LogP contribution in [-0.2, 0) is 6.42 Å². The van der Waals surface area contributed by atoms with E-state index in [1.54, 1.807) is 0 Å². The minimum atomic E-state index is 0.366. The third-order valence-corrected chi connectivity index (χ3v) is 5.47. The summed E-state index contributed by atoms with van der Waals surface area (Å²) in [4.78, 5) is 0. The first-order chi connectivity index (χ1) is 8.78. The van der Waals surface area contributed by atoms with Gasteiger partial charge in [-0.2, -0.15) is 11.8 Å². The normalized spacial score (nSPS) is 18.1. The third kappa shape index (κ3) is 4.57. The van der Waals surface area contributed by atoms with E-state index in [0.717, 1.165) is 21.9 Å². The van der Waals surface area contributed by atoms with E-state index < -0.39 is 0 Å². The summed E-state index contributed by atoms with van der Waals surface area (Å²) in [5.41, 5.74) is 4.29. The highest BCUT2D eigenvalue weighted by molar-refractivity contribution is 9.10. The van der Waals surface area contributed by atoms with Gasteiger partial charge in [0.1, 0.15) is 0 Å². The Balaban J connectivity index is 1.81. The second-order valence-electron chi connectivity index (χ2n) is 4.94. The van der Waals surface area contributed by atoms with Crippen LogP contribution in [0.4, 0.5) is 0 Å². The summed E-state index contributed by atoms with van der Waals surface area (Å²) in [6.07, 6.45) is 6.58. The summed E-state index contributed by atoms with van der Waals surface area (Å²) in [6.45, 7) is 0. The maximum absolute atomic E-state index is 5.67. The highest BCUT2D eigenvalue weighted by atomic mass is 79.9. The summed E-state index contributed by atoms with van der Waals surface area (Å²) in [7, 11) is 0. The van der Waals surface area contributed by atoms with E-state index in [-0.39, 0.29) is 0 Å². The molecule has 1 aliphatic rings. The predicted octanol–water partition coefficient (Wildman–Crippen LogP) is 3.50. The Bertz CT molecular complexity index is 367. The van der Waals surface area contributed by atoms with Crippen LogP contribution in [0.15, 0.2) is 28.7 Å². The van der Waals surface area contributed by atoms with Crippen LogP contribution < -0.4 is 11.3 Å². The Morgan fingerprint density at radius 3 is 2.83 bits per heavy atom. The number of rotatable bonds is 6. The van der Waals surface area contributed by atoms with Crippen molar-refractivity contribution in [3.05, 3.63) is 34.3 Å². The Labute approximate surface area is 122 Å². The van der Waals surface area contributed by atoms with Crippen LogP contribution in [0, 0.1) is 0 Å². The van der Waals surface area contributed by atoms with Crippen molar-refractivity contribution in [1.29, 1.82) is 0 Å². The van der Waals surface area contributed by atoms with Crippen LogP contribution in [0.5, 0.6) is 0 Å². The minimum Gasteiger partial charge on any atom is -0.271 e. The van der Waals surface area contributed by atoms with Gasteiger partial charge in [0, 0.05) is 21.5 Å². The van der Waals surface area contributed by atoms with Gasteiger partial charge in [0.05, 0.1) is 0 Å². The number of hydrogen-bond acceptors (Lipinski definition) is 3. The zero-order valence-electron chi connectivity index (χ0n) is 10.6. The highest BCUT2D eigenvalue weighted by Crippen LogP contribution is 2.30. The van der Waals surface area contributed by atoms with Crippen molar-refractivity contribution in [2.24, 2.45) is 5.84 Å². The van der Waals surface area contributed by atoms with Crippen molar-refractivity contribution in [3.63, 3.8) is 0 Å². The first-order valence-electron chi connectivity index (χ1n) is 6.60. The molecule has 1 aliphatic carbocycles. The van der Waals surface area contributed by atoms with Gasteiger partial charge in [0.2, 0.25) is 0 Å². The zero-order chi connectivity index (χ0) is 12.8. The SMILES string of the molecule is NNC(CSC1CCCC1)Cc1cccc(Br)c1. The lowest BCUT2D eigenvalue weighted by Crippen LogP contribution is -2.39. The lowest BCUT2D eigenvalue weighted by molar-refractivity contribution is 0.574. The average molecular weight is 329 g/mol. The Morgan fingerprint density at radius 2 is 2.17 bits per heavy atom. The summed E-state index contributed by atoms with van der Waals surface area (Å²) >= 11 is 5.60. The Kier molecular flexibility index (Phi) is 6.02. The second kappa shape index (κ2) is 7.53. The van der Waals surface area contributed by atoms with Crippen LogP contribution >= 0.6 is 27.7 Å². The number of nitrogens with one attached hydrogen (secondary N) is 1. The van der Waals surface area contributed by atoms with Crippen LogP contribution in [0.25, 0.3) is 0 Å². The molecule has 2 rings (SSSR count). The molecule has 0 aromatic heterocycles. The molecule has 1 saturated carbocycles. The molecule has 0 amide bonds. The van der Waals surface area contributed by atoms with Gasteiger partial charge in [-0.05, 0) is 37.0 Å². The molecule has 100 valence electrons. The monoisotopic (exact) mass is 328 g/mol. The summed E-state index contributed by atoms with van der Waals surface area (Å²) in [5, 5.41) is 0.864. The van der Waals surface area contributed by atoms with Crippen LogP contribution in [-0.4, -0.2) is 17.0 Å². The topological polar surface area (TPSA) is 38.0 Å². The molecule has 0 radical (unpaired) electrons. The van der Waals surface area contributed by atoms with Gasteiger partial charge < -0.3 is 0 Å². The van der Waals surface area contributed by atoms with Gasteiger partial charge in [-0.3, -0.25) is 11.3 Å². The van der Waals surface area contributed by atoms with Crippen molar-refractivity contribution in [2.45, 2.75) is 43.4 Å². The molecule has 18 heavy (non-hydrogen) atoms. The predicted molar refractivity (Wildman–Crippen MR) is 83.7 cm³/mol. The van der Waals surface area contributed by atoms with E-state index in [9.17, 15) is 0 Å². The number of nitrogens with two attached hydrogens (primary N) is 1. The first-order valence-corrected chi connectivity index (χ1v) is 8.44. The van der Waals surface area contributed by atoms with Crippen molar-refractivity contribution in [3.8, 4) is 0 Å². The van der Waals surface area contributed by atoms with E-state index in [0.29, 0.717) is 6.04 Å². The van der Waals surface area contributed by atoms with Gasteiger partial charge in [-0.25, -0.2) is 0 Å². The maximum atomic E-state index is 5.67. The molecular weight excluding hydrogens is 308 g/mol. The van der Waals surface area contributed by atoms with Crippen molar-refractivity contribution < 1.29 is 0 Å². The lowest BCUT2D eigenvalue weighted by Gasteiger charge is -2.18. The molecule has 0 bridgehead atoms. The van der Waals surface area contributed by atoms with Gasteiger partial charge >= 0.3 is 0 Å². The number of halogens is 1. The molecule has 1 fully saturated rings. The molecule has 0 aliphatic heterocycles. The van der Waals surface area contributed by atoms with E-state index in [1.165, 1.54) is 31.2 Å². The Morgan fingerprint density at radius 1 is 1.39 bits per heavy atom. The molecule has 3 N–H and O–H groups in total. The van der Waals surface area contributed by atoms with E-state index in [1.807, 2.05) is 0 Å². The molecule has 1 unspecified atom stereocenters. The lowest BCUT2D eigenvalue weighted by atomic mass is 10.1. The number of hydrazine groups is 1. The quantitative estimate of drug-likeness (QED) is 0.620. The fourth-order valence-corrected chi connectivity index (χ4v) is 4.25. The highest BCUT2D eigenvalue weighted by Gasteiger charge is 2.17. The van der Waals surface area contributed by atoms with E-state index in [2.05, 4.69) is 57.4 Å². The third-order valence-electron chi connectivity index (χ3n) is 3.44. The molecule has 0 spiro atoms. The van der Waals surface area contributed by atoms with E-state index >= 15 is 0 Å². The average Bonchev–Trinajstić information content (AvgIpc) is 2.87. The van der Waals surface area contributed by atoms with Crippen molar-refractivity contribution >= 4 is 27.7 Å². The fraction of sp³-hybridized carbons (Fsp3) is 0.571. The molecular formula is C14H21BrN2S. The largest absolute Gasteiger partial charge is 0.271 e. The van der Waals surface area contributed by atoms with Crippen molar-refractivity contribution in [2.75, 3.05) is 5.75 Å². The summed E-state index contributed by atoms with van der Waals surface area (Å²) < 4.78 is 1.14. The molecule has 0 heterocycles. The van der Waals surface area contributed by atoms with Gasteiger partial charge in [0.25, 0.3) is 0 Å². The summed E-state index contributed by atoms with van der Waals surface area (Å²) in [5.74, 6) is 6.77. The maximum Gasteiger partial charge on any atom is 0.0341 e. The molecule has 0 saturated heterocycles. The van der Waals surface area contributed by atoms with Gasteiger partial charge in [-0.15, -0.1) is 0 Å². The smallest absolute Gasteiger partial charge is 0.0341 e. The first kappa shape index (κ1) is 14.4. The second-order valence-corrected chi connectivity index (χ2v) is 7.19. The molecule has 1 aromatic carbocycles. The number of thioether (sulfide) groups is 1. The standard InChI is InChI=1S/C14H21BrN2S/c15-12-5-3-4-11(8-12)9-13(17-16)10-18-14-6-1-2-7-14/h3-5,8,13-14,17H,1-2,6-7,9-10,16H2. The van der Waals surface area contributed by atoms with Gasteiger partial charge in [0.15, 0.2) is 0 Å². The molecule has 1 atom stereocenters. The van der Waals surface area contributed by atoms with Crippen LogP contribution in [0.1, 0.15) is 31.2 Å². The fourth-order valence-electron chi connectivity index (χ4n) is 2.42. The summed E-state index contributed by atoms with van der Waals surface area (Å²) in [6, 6.07) is 8.84. The Hall–Kier alpha value is -0.0300. The minimum absolute atomic E-state index is 0.366. The van der Waals surface area contributed by atoms with Crippen molar-refractivity contribution in [1.82, 2.24) is 5.43 Å². The van der Waals surface area contributed by atoms with E-state index in [4.69, 9.17) is 5.84 Å². The zero-order valence-corrected chi connectivity index (χ0v) is 13.0. The molecule has 4 heteroatoms. The molecule has 1 aromatic rings. The number of benzene rings is 1. The molecule has 2 nitrogen and oxygen atoms in total. The van der Waals surface area contributed by atoms with Crippen LogP contribution in [0.3, 0.4) is 0 Å².